The number of benzene rings is 2. The molecule has 2 atom stereocenters. The van der Waals surface area contributed by atoms with Crippen molar-refractivity contribution in [2.45, 2.75) is 64.7 Å². The molecule has 0 spiro atoms. The molecule has 2 aromatic carbocycles. The lowest BCUT2D eigenvalue weighted by molar-refractivity contribution is -0.120. The summed E-state index contributed by atoms with van der Waals surface area (Å²) in [5, 5.41) is 0. The molecule has 1 heterocycles. The van der Waals surface area contributed by atoms with Gasteiger partial charge in [-0.3, -0.25) is 4.79 Å². The predicted octanol–water partition coefficient (Wildman–Crippen LogP) is 5.31. The van der Waals surface area contributed by atoms with Crippen LogP contribution in [0, 0.1) is 6.92 Å². The molecule has 1 aliphatic heterocycles. The molecule has 3 rings (SSSR count). The normalized spacial score (nSPS) is 15.8. The molecule has 1 amide bonds. The number of anilines is 1. The van der Waals surface area contributed by atoms with Crippen molar-refractivity contribution in [2.75, 3.05) is 24.6 Å². The van der Waals surface area contributed by atoms with E-state index in [1.54, 1.807) is 19.1 Å². The first-order valence-electron chi connectivity index (χ1n) is 11.9. The number of carbonyl (C=O) groups is 2. The second-order valence-electron chi connectivity index (χ2n) is 8.67. The molecule has 0 radical (unpaired) electrons. The van der Waals surface area contributed by atoms with Crippen LogP contribution in [0.15, 0.2) is 42.5 Å². The first-order chi connectivity index (χ1) is 15.5. The van der Waals surface area contributed by atoms with Gasteiger partial charge in [-0.1, -0.05) is 37.6 Å². The van der Waals surface area contributed by atoms with Crippen molar-refractivity contribution < 1.29 is 14.3 Å². The van der Waals surface area contributed by atoms with Crippen LogP contribution >= 0.6 is 0 Å². The van der Waals surface area contributed by atoms with Crippen LogP contribution in [0.3, 0.4) is 0 Å². The number of amides is 1. The third-order valence-corrected chi connectivity index (χ3v) is 6.46. The topological polar surface area (TPSA) is 72.6 Å². The fourth-order valence-electron chi connectivity index (χ4n) is 4.98. The van der Waals surface area contributed by atoms with Gasteiger partial charge < -0.3 is 15.4 Å². The molecular weight excluding hydrogens is 400 g/mol. The van der Waals surface area contributed by atoms with E-state index in [-0.39, 0.29) is 17.8 Å². The Morgan fingerprint density at radius 2 is 1.72 bits per heavy atom. The third kappa shape index (κ3) is 5.32. The number of hydrogen-bond donors (Lipinski definition) is 1. The Morgan fingerprint density at radius 3 is 2.31 bits per heavy atom. The minimum absolute atomic E-state index is 0.0240. The number of carbonyl (C=O) groups excluding carboxylic acids is 2. The standard InChI is InChI=1S/C27H36N2O3/c1-4-10-22(24-19(3)11-9-12-23(24)29-17-7-6-8-18-29)25(26(28)30)20-13-15-21(16-14-20)27(31)32-5-2/h9,11-16,22,25H,4-8,10,17-18H2,1-3H3,(H2,28,30). The summed E-state index contributed by atoms with van der Waals surface area (Å²) in [6, 6.07) is 13.6. The van der Waals surface area contributed by atoms with Gasteiger partial charge in [0.2, 0.25) is 5.91 Å². The number of rotatable bonds is 9. The van der Waals surface area contributed by atoms with E-state index in [9.17, 15) is 9.59 Å². The van der Waals surface area contributed by atoms with E-state index in [0.29, 0.717) is 12.2 Å². The number of ether oxygens (including phenoxy) is 1. The molecule has 5 nitrogen and oxygen atoms in total. The number of piperidine rings is 1. The predicted molar refractivity (Wildman–Crippen MR) is 129 cm³/mol. The molecule has 1 aliphatic rings. The molecule has 0 saturated carbocycles. The summed E-state index contributed by atoms with van der Waals surface area (Å²) in [5.74, 6) is -1.17. The zero-order valence-corrected chi connectivity index (χ0v) is 19.6. The summed E-state index contributed by atoms with van der Waals surface area (Å²) in [6.45, 7) is 8.49. The van der Waals surface area contributed by atoms with Gasteiger partial charge in [-0.15, -0.1) is 0 Å². The van der Waals surface area contributed by atoms with Gasteiger partial charge in [-0.2, -0.15) is 0 Å². The first-order valence-corrected chi connectivity index (χ1v) is 11.9. The summed E-state index contributed by atoms with van der Waals surface area (Å²) >= 11 is 0. The molecule has 0 bridgehead atoms. The molecule has 1 fully saturated rings. The number of primary amides is 1. The van der Waals surface area contributed by atoms with Crippen molar-refractivity contribution in [3.8, 4) is 0 Å². The second kappa shape index (κ2) is 11.2. The molecule has 172 valence electrons. The minimum atomic E-state index is -0.462. The van der Waals surface area contributed by atoms with Crippen molar-refractivity contribution >= 4 is 17.6 Å². The Bertz CT molecular complexity index is 917. The van der Waals surface area contributed by atoms with E-state index >= 15 is 0 Å². The third-order valence-electron chi connectivity index (χ3n) is 6.46. The molecule has 2 aromatic rings. The Hall–Kier alpha value is -2.82. The quantitative estimate of drug-likeness (QED) is 0.540. The van der Waals surface area contributed by atoms with E-state index < -0.39 is 5.92 Å². The van der Waals surface area contributed by atoms with Gasteiger partial charge in [0.15, 0.2) is 0 Å². The summed E-state index contributed by atoms with van der Waals surface area (Å²) in [6.07, 6.45) is 5.47. The van der Waals surface area contributed by atoms with Crippen LogP contribution in [0.4, 0.5) is 5.69 Å². The van der Waals surface area contributed by atoms with Crippen LogP contribution in [-0.4, -0.2) is 31.6 Å². The average molecular weight is 437 g/mol. The van der Waals surface area contributed by atoms with Gasteiger partial charge in [-0.05, 0) is 74.4 Å². The molecular formula is C27H36N2O3. The highest BCUT2D eigenvalue weighted by Crippen LogP contribution is 2.43. The Labute approximate surface area is 191 Å². The number of hydrogen-bond acceptors (Lipinski definition) is 4. The summed E-state index contributed by atoms with van der Waals surface area (Å²) < 4.78 is 5.09. The largest absolute Gasteiger partial charge is 0.462 e. The second-order valence-corrected chi connectivity index (χ2v) is 8.67. The lowest BCUT2D eigenvalue weighted by atomic mass is 9.76. The monoisotopic (exact) mass is 436 g/mol. The van der Waals surface area contributed by atoms with Crippen LogP contribution in [0.1, 0.15) is 84.8 Å². The van der Waals surface area contributed by atoms with Crippen LogP contribution in [0.5, 0.6) is 0 Å². The fraction of sp³-hybridized carbons (Fsp3) is 0.481. The van der Waals surface area contributed by atoms with E-state index in [4.69, 9.17) is 10.5 Å². The lowest BCUT2D eigenvalue weighted by Gasteiger charge is -2.35. The van der Waals surface area contributed by atoms with Crippen molar-refractivity contribution in [3.05, 3.63) is 64.7 Å². The van der Waals surface area contributed by atoms with Crippen LogP contribution < -0.4 is 10.6 Å². The highest BCUT2D eigenvalue weighted by molar-refractivity contribution is 5.90. The molecule has 5 heteroatoms. The van der Waals surface area contributed by atoms with Crippen LogP contribution in [0.2, 0.25) is 0 Å². The molecule has 2 N–H and O–H groups in total. The van der Waals surface area contributed by atoms with Crippen molar-refractivity contribution in [1.29, 1.82) is 0 Å². The maximum Gasteiger partial charge on any atom is 0.338 e. The maximum atomic E-state index is 12.8. The molecule has 32 heavy (non-hydrogen) atoms. The highest BCUT2D eigenvalue weighted by atomic mass is 16.5. The lowest BCUT2D eigenvalue weighted by Crippen LogP contribution is -2.33. The number of esters is 1. The molecule has 1 saturated heterocycles. The number of aryl methyl sites for hydroxylation is 1. The van der Waals surface area contributed by atoms with Crippen molar-refractivity contribution in [1.82, 2.24) is 0 Å². The van der Waals surface area contributed by atoms with Crippen molar-refractivity contribution in [3.63, 3.8) is 0 Å². The zero-order valence-electron chi connectivity index (χ0n) is 19.6. The molecule has 2 unspecified atom stereocenters. The smallest absolute Gasteiger partial charge is 0.338 e. The summed E-state index contributed by atoms with van der Waals surface area (Å²) in [5.41, 5.74) is 11.0. The Kier molecular flexibility index (Phi) is 8.32. The van der Waals surface area contributed by atoms with Gasteiger partial charge in [0, 0.05) is 24.7 Å². The Morgan fingerprint density at radius 1 is 1.03 bits per heavy atom. The van der Waals surface area contributed by atoms with Crippen LogP contribution in [0.25, 0.3) is 0 Å². The van der Waals surface area contributed by atoms with Gasteiger partial charge in [-0.25, -0.2) is 4.79 Å². The number of nitrogens with two attached hydrogens (primary N) is 1. The molecule has 0 aliphatic carbocycles. The summed E-state index contributed by atoms with van der Waals surface area (Å²) in [4.78, 5) is 27.4. The molecule has 0 aromatic heterocycles. The van der Waals surface area contributed by atoms with Gasteiger partial charge >= 0.3 is 5.97 Å². The van der Waals surface area contributed by atoms with Gasteiger partial charge in [0.1, 0.15) is 0 Å². The van der Waals surface area contributed by atoms with E-state index in [1.165, 1.54) is 36.1 Å². The SMILES string of the molecule is CCCC(c1c(C)cccc1N1CCCCC1)C(C(N)=O)c1ccc(C(=O)OCC)cc1. The van der Waals surface area contributed by atoms with E-state index in [1.807, 2.05) is 12.1 Å². The number of nitrogens with zero attached hydrogens (tertiary/aromatic N) is 1. The van der Waals surface area contributed by atoms with Crippen molar-refractivity contribution in [2.24, 2.45) is 5.73 Å². The van der Waals surface area contributed by atoms with Gasteiger partial charge in [0.25, 0.3) is 0 Å². The maximum absolute atomic E-state index is 12.8. The zero-order chi connectivity index (χ0) is 23.1. The fourth-order valence-corrected chi connectivity index (χ4v) is 4.98. The minimum Gasteiger partial charge on any atom is -0.462 e. The van der Waals surface area contributed by atoms with E-state index in [0.717, 1.165) is 31.5 Å². The average Bonchev–Trinajstić information content (AvgIpc) is 2.79. The van der Waals surface area contributed by atoms with Crippen LogP contribution in [-0.2, 0) is 9.53 Å². The first kappa shape index (κ1) is 23.8. The Balaban J connectivity index is 2.04. The summed E-state index contributed by atoms with van der Waals surface area (Å²) in [7, 11) is 0. The van der Waals surface area contributed by atoms with Gasteiger partial charge in [0.05, 0.1) is 18.1 Å². The highest BCUT2D eigenvalue weighted by Gasteiger charge is 2.33. The van der Waals surface area contributed by atoms with E-state index in [2.05, 4.69) is 36.9 Å².